The first-order valence-corrected chi connectivity index (χ1v) is 6.44. The molecule has 1 aromatic carbocycles. The van der Waals surface area contributed by atoms with Crippen LogP contribution < -0.4 is 5.32 Å². The molecule has 0 saturated heterocycles. The average Bonchev–Trinajstić information content (AvgIpc) is 2.72. The molecule has 2 aromatic rings. The average molecular weight is 244 g/mol. The first-order chi connectivity index (χ1) is 8.02. The van der Waals surface area contributed by atoms with Gasteiger partial charge in [-0.1, -0.05) is 18.1 Å². The molecule has 0 spiro atoms. The monoisotopic (exact) mass is 244 g/mol. The van der Waals surface area contributed by atoms with Gasteiger partial charge in [0.15, 0.2) is 0 Å². The number of thiazole rings is 1. The predicted molar refractivity (Wildman–Crippen MR) is 74.1 cm³/mol. The van der Waals surface area contributed by atoms with E-state index in [0.29, 0.717) is 0 Å². The van der Waals surface area contributed by atoms with Crippen LogP contribution in [0.15, 0.2) is 24.3 Å². The maximum Gasteiger partial charge on any atom is 0.111 e. The Bertz CT molecular complexity index is 530. The van der Waals surface area contributed by atoms with Gasteiger partial charge in [0.2, 0.25) is 0 Å². The Kier molecular flexibility index (Phi) is 3.19. The number of benzene rings is 1. The van der Waals surface area contributed by atoms with Crippen LogP contribution in [0.1, 0.15) is 31.8 Å². The van der Waals surface area contributed by atoms with E-state index >= 15 is 0 Å². The van der Waals surface area contributed by atoms with Crippen molar-refractivity contribution >= 4 is 21.6 Å². The molecule has 0 aliphatic carbocycles. The van der Waals surface area contributed by atoms with Crippen molar-refractivity contribution < 1.29 is 0 Å². The lowest BCUT2D eigenvalue weighted by atomic mass is 10.1. The highest BCUT2D eigenvalue weighted by molar-refractivity contribution is 7.18. The zero-order chi connectivity index (χ0) is 12.5. The van der Waals surface area contributed by atoms with Gasteiger partial charge in [0.25, 0.3) is 0 Å². The van der Waals surface area contributed by atoms with Crippen LogP contribution in [0.25, 0.3) is 10.2 Å². The molecule has 0 bridgehead atoms. The van der Waals surface area contributed by atoms with E-state index in [0.717, 1.165) is 10.5 Å². The summed E-state index contributed by atoms with van der Waals surface area (Å²) >= 11 is 1.71. The van der Waals surface area contributed by atoms with E-state index in [9.17, 15) is 0 Å². The molecule has 3 heteroatoms. The number of hydrogen-bond acceptors (Lipinski definition) is 3. The van der Waals surface area contributed by atoms with E-state index in [1.165, 1.54) is 4.70 Å². The molecule has 1 aromatic heterocycles. The van der Waals surface area contributed by atoms with E-state index < -0.39 is 0 Å². The second-order valence-electron chi connectivity index (χ2n) is 4.66. The van der Waals surface area contributed by atoms with Gasteiger partial charge in [-0.05, 0) is 32.9 Å². The number of nitrogens with one attached hydrogen (secondary N) is 1. The summed E-state index contributed by atoms with van der Waals surface area (Å²) in [5, 5.41) is 4.47. The normalized spacial score (nSPS) is 13.5. The largest absolute Gasteiger partial charge is 0.293 e. The molecular weight excluding hydrogens is 228 g/mol. The van der Waals surface area contributed by atoms with Gasteiger partial charge < -0.3 is 0 Å². The fraction of sp³-hybridized carbons (Fsp3) is 0.357. The van der Waals surface area contributed by atoms with Gasteiger partial charge in [-0.3, -0.25) is 5.32 Å². The lowest BCUT2D eigenvalue weighted by Gasteiger charge is -2.23. The van der Waals surface area contributed by atoms with E-state index in [-0.39, 0.29) is 11.6 Å². The van der Waals surface area contributed by atoms with Gasteiger partial charge in [0.05, 0.1) is 21.8 Å². The fourth-order valence-corrected chi connectivity index (χ4v) is 2.69. The minimum atomic E-state index is -0.308. The number of aromatic nitrogens is 1. The summed E-state index contributed by atoms with van der Waals surface area (Å²) in [6.45, 7) is 6.09. The third-order valence-corrected chi connectivity index (χ3v) is 3.84. The van der Waals surface area contributed by atoms with Crippen molar-refractivity contribution in [2.45, 2.75) is 32.4 Å². The zero-order valence-corrected chi connectivity index (χ0v) is 11.1. The van der Waals surface area contributed by atoms with Crippen LogP contribution >= 0.6 is 11.3 Å². The Hall–Kier alpha value is -1.37. The molecule has 0 fully saturated rings. The van der Waals surface area contributed by atoms with Crippen LogP contribution in [0, 0.1) is 12.3 Å². The van der Waals surface area contributed by atoms with Crippen molar-refractivity contribution in [3.05, 3.63) is 29.3 Å². The SMILES string of the molecule is C#CC(C)(C)NC(C)c1nc2ccccc2s1. The molecule has 2 rings (SSSR count). The summed E-state index contributed by atoms with van der Waals surface area (Å²) in [4.78, 5) is 4.62. The lowest BCUT2D eigenvalue weighted by Crippen LogP contribution is -2.39. The van der Waals surface area contributed by atoms with Crippen LogP contribution in [-0.4, -0.2) is 10.5 Å². The van der Waals surface area contributed by atoms with Crippen LogP contribution in [0.4, 0.5) is 0 Å². The smallest absolute Gasteiger partial charge is 0.111 e. The maximum atomic E-state index is 5.48. The van der Waals surface area contributed by atoms with Gasteiger partial charge in [-0.25, -0.2) is 4.98 Å². The van der Waals surface area contributed by atoms with Gasteiger partial charge in [0.1, 0.15) is 5.01 Å². The summed E-state index contributed by atoms with van der Waals surface area (Å²) in [7, 11) is 0. The number of terminal acetylenes is 1. The molecule has 1 N–H and O–H groups in total. The Labute approximate surface area is 106 Å². The topological polar surface area (TPSA) is 24.9 Å². The number of nitrogens with zero attached hydrogens (tertiary/aromatic N) is 1. The van der Waals surface area contributed by atoms with Gasteiger partial charge in [0, 0.05) is 0 Å². The van der Waals surface area contributed by atoms with Crippen molar-refractivity contribution in [3.63, 3.8) is 0 Å². The number of para-hydroxylation sites is 1. The molecule has 0 saturated carbocycles. The lowest BCUT2D eigenvalue weighted by molar-refractivity contribution is 0.431. The van der Waals surface area contributed by atoms with Gasteiger partial charge in [-0.2, -0.15) is 0 Å². The number of rotatable bonds is 3. The van der Waals surface area contributed by atoms with E-state index in [2.05, 4.69) is 29.2 Å². The zero-order valence-electron chi connectivity index (χ0n) is 10.3. The number of fused-ring (bicyclic) bond motifs is 1. The van der Waals surface area contributed by atoms with Crippen molar-refractivity contribution in [3.8, 4) is 12.3 Å². The molecule has 0 aliphatic rings. The van der Waals surface area contributed by atoms with Gasteiger partial charge >= 0.3 is 0 Å². The molecule has 17 heavy (non-hydrogen) atoms. The minimum Gasteiger partial charge on any atom is -0.293 e. The molecule has 1 unspecified atom stereocenters. The van der Waals surface area contributed by atoms with Crippen molar-refractivity contribution in [1.29, 1.82) is 0 Å². The molecule has 1 heterocycles. The van der Waals surface area contributed by atoms with Crippen molar-refractivity contribution in [2.24, 2.45) is 0 Å². The second-order valence-corrected chi connectivity index (χ2v) is 5.72. The molecule has 2 nitrogen and oxygen atoms in total. The van der Waals surface area contributed by atoms with E-state index in [1.807, 2.05) is 32.0 Å². The van der Waals surface area contributed by atoms with Gasteiger partial charge in [-0.15, -0.1) is 17.8 Å². The van der Waals surface area contributed by atoms with Crippen LogP contribution in [0.2, 0.25) is 0 Å². The van der Waals surface area contributed by atoms with Crippen LogP contribution in [-0.2, 0) is 0 Å². The number of hydrogen-bond donors (Lipinski definition) is 1. The van der Waals surface area contributed by atoms with Crippen molar-refractivity contribution in [1.82, 2.24) is 10.3 Å². The standard InChI is InChI=1S/C14H16N2S/c1-5-14(3,4)16-10(2)13-15-11-8-6-7-9-12(11)17-13/h1,6-10,16H,2-4H3. The minimum absolute atomic E-state index is 0.165. The first-order valence-electron chi connectivity index (χ1n) is 5.63. The highest BCUT2D eigenvalue weighted by atomic mass is 32.1. The first kappa shape index (κ1) is 12.1. The van der Waals surface area contributed by atoms with E-state index in [1.54, 1.807) is 11.3 Å². The summed E-state index contributed by atoms with van der Waals surface area (Å²) in [5.41, 5.74) is 0.747. The third-order valence-electron chi connectivity index (χ3n) is 2.62. The Morgan fingerprint density at radius 3 is 2.76 bits per heavy atom. The molecule has 1 atom stereocenters. The molecular formula is C14H16N2S. The highest BCUT2D eigenvalue weighted by Crippen LogP contribution is 2.26. The Morgan fingerprint density at radius 2 is 2.12 bits per heavy atom. The molecule has 0 amide bonds. The predicted octanol–water partition coefficient (Wildman–Crippen LogP) is 3.36. The maximum absolute atomic E-state index is 5.48. The quantitative estimate of drug-likeness (QED) is 0.837. The van der Waals surface area contributed by atoms with Crippen LogP contribution in [0.5, 0.6) is 0 Å². The molecule has 0 aliphatic heterocycles. The Morgan fingerprint density at radius 1 is 1.41 bits per heavy atom. The Balaban J connectivity index is 2.25. The van der Waals surface area contributed by atoms with Crippen molar-refractivity contribution in [2.75, 3.05) is 0 Å². The fourth-order valence-electron chi connectivity index (χ4n) is 1.72. The van der Waals surface area contributed by atoms with E-state index in [4.69, 9.17) is 6.42 Å². The summed E-state index contributed by atoms with van der Waals surface area (Å²) in [6, 6.07) is 8.34. The second kappa shape index (κ2) is 4.48. The highest BCUT2D eigenvalue weighted by Gasteiger charge is 2.19. The summed E-state index contributed by atoms with van der Waals surface area (Å²) in [5.74, 6) is 2.74. The van der Waals surface area contributed by atoms with Crippen LogP contribution in [0.3, 0.4) is 0 Å². The summed E-state index contributed by atoms with van der Waals surface area (Å²) in [6.07, 6.45) is 5.48. The molecule has 0 radical (unpaired) electrons. The summed E-state index contributed by atoms with van der Waals surface area (Å²) < 4.78 is 1.22. The molecule has 88 valence electrons. The third kappa shape index (κ3) is 2.66.